The summed E-state index contributed by atoms with van der Waals surface area (Å²) in [5.41, 5.74) is 3.61. The minimum Gasteiger partial charge on any atom is -0.378 e. The Labute approximate surface area is 121 Å². The monoisotopic (exact) mass is 288 g/mol. The Bertz CT molecular complexity index is 597. The summed E-state index contributed by atoms with van der Waals surface area (Å²) in [6.07, 6.45) is 0.241. The molecule has 0 saturated carbocycles. The third kappa shape index (κ3) is 3.91. The van der Waals surface area contributed by atoms with Crippen LogP contribution < -0.4 is 5.43 Å². The van der Waals surface area contributed by atoms with Crippen LogP contribution in [0.4, 0.5) is 0 Å². The minimum absolute atomic E-state index is 0.520. The first-order valence-corrected chi connectivity index (χ1v) is 6.36. The third-order valence-corrected chi connectivity index (χ3v) is 2.87. The summed E-state index contributed by atoms with van der Waals surface area (Å²) in [5, 5.41) is 14.2. The molecule has 20 heavy (non-hydrogen) atoms. The Kier molecular flexibility index (Phi) is 4.87. The molecule has 0 fully saturated rings. The summed E-state index contributed by atoms with van der Waals surface area (Å²) in [7, 11) is 0. The van der Waals surface area contributed by atoms with Gasteiger partial charge in [0.05, 0.1) is 6.21 Å². The summed E-state index contributed by atoms with van der Waals surface area (Å²) in [5.74, 6) is -0.582. The number of halogens is 1. The highest BCUT2D eigenvalue weighted by molar-refractivity contribution is 6.30. The fraction of sp³-hybridized carbons (Fsp3) is 0.0667. The van der Waals surface area contributed by atoms with Gasteiger partial charge in [0.1, 0.15) is 0 Å². The van der Waals surface area contributed by atoms with E-state index >= 15 is 0 Å². The Balaban J connectivity index is 1.93. The SMILES string of the molecule is O=C(NN=Cc1ccc(Cl)cc1)[C@@H](O)c1ccccc1. The van der Waals surface area contributed by atoms with Crippen molar-refractivity contribution in [3.8, 4) is 0 Å². The molecule has 2 aromatic rings. The lowest BCUT2D eigenvalue weighted by Crippen LogP contribution is -2.25. The second kappa shape index (κ2) is 6.84. The molecule has 5 heteroatoms. The molecule has 0 unspecified atom stereocenters. The average Bonchev–Trinajstić information content (AvgIpc) is 2.49. The minimum atomic E-state index is -1.24. The summed E-state index contributed by atoms with van der Waals surface area (Å²) in [6.45, 7) is 0. The highest BCUT2D eigenvalue weighted by Crippen LogP contribution is 2.11. The van der Waals surface area contributed by atoms with Gasteiger partial charge in [0, 0.05) is 5.02 Å². The Morgan fingerprint density at radius 3 is 2.45 bits per heavy atom. The van der Waals surface area contributed by atoms with E-state index < -0.39 is 12.0 Å². The van der Waals surface area contributed by atoms with Crippen molar-refractivity contribution >= 4 is 23.7 Å². The average molecular weight is 289 g/mol. The molecule has 0 aromatic heterocycles. The van der Waals surface area contributed by atoms with E-state index in [-0.39, 0.29) is 0 Å². The number of nitrogens with one attached hydrogen (secondary N) is 1. The van der Waals surface area contributed by atoms with Crippen molar-refractivity contribution in [2.45, 2.75) is 6.10 Å². The van der Waals surface area contributed by atoms with E-state index in [1.54, 1.807) is 48.5 Å². The van der Waals surface area contributed by atoms with Gasteiger partial charge in [0.2, 0.25) is 0 Å². The number of aliphatic hydroxyl groups is 1. The number of hydrogen-bond donors (Lipinski definition) is 2. The van der Waals surface area contributed by atoms with Crippen LogP contribution in [0.5, 0.6) is 0 Å². The second-order valence-electron chi connectivity index (χ2n) is 4.10. The summed E-state index contributed by atoms with van der Waals surface area (Å²) >= 11 is 5.76. The maximum atomic E-state index is 11.7. The molecule has 0 aliphatic heterocycles. The van der Waals surface area contributed by atoms with Gasteiger partial charge in [-0.2, -0.15) is 5.10 Å². The van der Waals surface area contributed by atoms with Crippen LogP contribution in [0.2, 0.25) is 5.02 Å². The third-order valence-electron chi connectivity index (χ3n) is 2.62. The summed E-state index contributed by atoms with van der Waals surface area (Å²) in [4.78, 5) is 11.7. The Hall–Kier alpha value is -2.17. The molecule has 0 heterocycles. The van der Waals surface area contributed by atoms with E-state index in [4.69, 9.17) is 11.6 Å². The van der Waals surface area contributed by atoms with Crippen molar-refractivity contribution in [1.82, 2.24) is 5.43 Å². The van der Waals surface area contributed by atoms with Crippen LogP contribution >= 0.6 is 11.6 Å². The zero-order valence-corrected chi connectivity index (χ0v) is 11.3. The van der Waals surface area contributed by atoms with Crippen molar-refractivity contribution in [3.05, 3.63) is 70.7 Å². The molecule has 0 spiro atoms. The van der Waals surface area contributed by atoms with Crippen LogP contribution in [0.1, 0.15) is 17.2 Å². The number of hydrogen-bond acceptors (Lipinski definition) is 3. The van der Waals surface area contributed by atoms with Gasteiger partial charge in [-0.3, -0.25) is 4.79 Å². The van der Waals surface area contributed by atoms with Crippen molar-refractivity contribution in [3.63, 3.8) is 0 Å². The standard InChI is InChI=1S/C15H13ClN2O2/c16-13-8-6-11(7-9-13)10-17-18-15(20)14(19)12-4-2-1-3-5-12/h1-10,14,19H,(H,18,20)/t14-/m0/s1. The van der Waals surface area contributed by atoms with E-state index in [1.807, 2.05) is 6.07 Å². The summed E-state index contributed by atoms with van der Waals surface area (Å²) in [6, 6.07) is 15.7. The molecule has 0 bridgehead atoms. The number of hydrazone groups is 1. The molecule has 0 aliphatic carbocycles. The maximum absolute atomic E-state index is 11.7. The lowest BCUT2D eigenvalue weighted by atomic mass is 10.1. The molecule has 2 aromatic carbocycles. The number of carbonyl (C=O) groups excluding carboxylic acids is 1. The number of carbonyl (C=O) groups is 1. The Morgan fingerprint density at radius 2 is 1.80 bits per heavy atom. The topological polar surface area (TPSA) is 61.7 Å². The zero-order chi connectivity index (χ0) is 14.4. The number of rotatable bonds is 4. The molecule has 1 amide bonds. The highest BCUT2D eigenvalue weighted by Gasteiger charge is 2.15. The molecule has 102 valence electrons. The van der Waals surface area contributed by atoms with Crippen LogP contribution in [-0.4, -0.2) is 17.2 Å². The van der Waals surface area contributed by atoms with Gasteiger partial charge in [0.25, 0.3) is 5.91 Å². The van der Waals surface area contributed by atoms with Gasteiger partial charge in [-0.25, -0.2) is 5.43 Å². The van der Waals surface area contributed by atoms with Gasteiger partial charge in [0.15, 0.2) is 6.10 Å². The van der Waals surface area contributed by atoms with Crippen LogP contribution in [0.25, 0.3) is 0 Å². The molecule has 2 rings (SSSR count). The lowest BCUT2D eigenvalue weighted by Gasteiger charge is -2.08. The quantitative estimate of drug-likeness (QED) is 0.671. The fourth-order valence-corrected chi connectivity index (χ4v) is 1.69. The van der Waals surface area contributed by atoms with Crippen LogP contribution in [0.3, 0.4) is 0 Å². The van der Waals surface area contributed by atoms with Gasteiger partial charge in [-0.1, -0.05) is 54.1 Å². The molecular weight excluding hydrogens is 276 g/mol. The Morgan fingerprint density at radius 1 is 1.15 bits per heavy atom. The smallest absolute Gasteiger partial charge is 0.273 e. The summed E-state index contributed by atoms with van der Waals surface area (Å²) < 4.78 is 0. The van der Waals surface area contributed by atoms with Gasteiger partial charge >= 0.3 is 0 Å². The van der Waals surface area contributed by atoms with E-state index in [0.717, 1.165) is 5.56 Å². The van der Waals surface area contributed by atoms with E-state index in [2.05, 4.69) is 10.5 Å². The highest BCUT2D eigenvalue weighted by atomic mass is 35.5. The fourth-order valence-electron chi connectivity index (χ4n) is 1.57. The molecule has 0 radical (unpaired) electrons. The first kappa shape index (κ1) is 14.2. The predicted octanol–water partition coefficient (Wildman–Crippen LogP) is 2.52. The molecule has 0 saturated heterocycles. The number of benzene rings is 2. The predicted molar refractivity (Wildman–Crippen MR) is 78.6 cm³/mol. The number of nitrogens with zero attached hydrogens (tertiary/aromatic N) is 1. The van der Waals surface area contributed by atoms with Crippen molar-refractivity contribution in [2.24, 2.45) is 5.10 Å². The molecule has 0 aliphatic rings. The second-order valence-corrected chi connectivity index (χ2v) is 4.54. The van der Waals surface area contributed by atoms with E-state index in [9.17, 15) is 9.90 Å². The van der Waals surface area contributed by atoms with Crippen molar-refractivity contribution in [1.29, 1.82) is 0 Å². The van der Waals surface area contributed by atoms with Crippen LogP contribution in [0.15, 0.2) is 59.7 Å². The van der Waals surface area contributed by atoms with E-state index in [1.165, 1.54) is 6.21 Å². The number of amides is 1. The van der Waals surface area contributed by atoms with Gasteiger partial charge in [-0.05, 0) is 23.3 Å². The molecule has 2 N–H and O–H groups in total. The van der Waals surface area contributed by atoms with Gasteiger partial charge in [-0.15, -0.1) is 0 Å². The largest absolute Gasteiger partial charge is 0.378 e. The molecular formula is C15H13ClN2O2. The maximum Gasteiger partial charge on any atom is 0.273 e. The normalized spacial score (nSPS) is 12.3. The van der Waals surface area contributed by atoms with Crippen molar-refractivity contribution in [2.75, 3.05) is 0 Å². The van der Waals surface area contributed by atoms with Crippen LogP contribution in [-0.2, 0) is 4.79 Å². The first-order valence-electron chi connectivity index (χ1n) is 5.98. The van der Waals surface area contributed by atoms with E-state index in [0.29, 0.717) is 10.6 Å². The van der Waals surface area contributed by atoms with Crippen LogP contribution in [0, 0.1) is 0 Å². The van der Waals surface area contributed by atoms with Gasteiger partial charge < -0.3 is 5.11 Å². The van der Waals surface area contributed by atoms with Crippen molar-refractivity contribution < 1.29 is 9.90 Å². The molecule has 1 atom stereocenters. The lowest BCUT2D eigenvalue weighted by molar-refractivity contribution is -0.129. The molecule has 4 nitrogen and oxygen atoms in total. The zero-order valence-electron chi connectivity index (χ0n) is 10.5. The first-order chi connectivity index (χ1) is 9.66. The number of aliphatic hydroxyl groups excluding tert-OH is 1.